The van der Waals surface area contributed by atoms with Crippen molar-refractivity contribution in [3.05, 3.63) is 16.6 Å². The van der Waals surface area contributed by atoms with Crippen molar-refractivity contribution in [2.45, 2.75) is 38.8 Å². The van der Waals surface area contributed by atoms with Crippen molar-refractivity contribution in [3.8, 4) is 0 Å². The van der Waals surface area contributed by atoms with Gasteiger partial charge in [-0.2, -0.15) is 0 Å². The summed E-state index contributed by atoms with van der Waals surface area (Å²) < 4.78 is 0. The first-order valence-corrected chi connectivity index (χ1v) is 7.05. The van der Waals surface area contributed by atoms with Gasteiger partial charge in [0.2, 0.25) is 11.8 Å². The maximum Gasteiger partial charge on any atom is 0.245 e. The molecule has 0 saturated carbocycles. The second-order valence-electron chi connectivity index (χ2n) is 4.41. The summed E-state index contributed by atoms with van der Waals surface area (Å²) in [7, 11) is 0. The Morgan fingerprint density at radius 2 is 2.28 bits per heavy atom. The highest BCUT2D eigenvalue weighted by Crippen LogP contribution is 2.13. The minimum Gasteiger partial charge on any atom is -0.343 e. The number of aromatic nitrogens is 1. The Kier molecular flexibility index (Phi) is 3.96. The maximum absolute atomic E-state index is 12.2. The molecule has 0 aromatic carbocycles. The Hall–Kier alpha value is -1.43. The fourth-order valence-electron chi connectivity index (χ4n) is 2.06. The summed E-state index contributed by atoms with van der Waals surface area (Å²) in [5.41, 5.74) is 2.75. The number of nitrogens with zero attached hydrogens (tertiary/aromatic N) is 2. The van der Waals surface area contributed by atoms with Gasteiger partial charge < -0.3 is 10.2 Å². The summed E-state index contributed by atoms with van der Waals surface area (Å²) in [5, 5.41) is 4.71. The second-order valence-corrected chi connectivity index (χ2v) is 5.13. The smallest absolute Gasteiger partial charge is 0.245 e. The third-order valence-corrected chi connectivity index (χ3v) is 3.88. The molecule has 98 valence electrons. The van der Waals surface area contributed by atoms with E-state index >= 15 is 0 Å². The average Bonchev–Trinajstić information content (AvgIpc) is 2.87. The zero-order valence-corrected chi connectivity index (χ0v) is 11.4. The van der Waals surface area contributed by atoms with Gasteiger partial charge in [0.1, 0.15) is 12.1 Å². The first kappa shape index (κ1) is 13.0. The summed E-state index contributed by atoms with van der Waals surface area (Å²) in [4.78, 5) is 29.8. The van der Waals surface area contributed by atoms with Crippen molar-refractivity contribution in [1.82, 2.24) is 15.2 Å². The van der Waals surface area contributed by atoms with Crippen LogP contribution in [0.1, 0.15) is 26.0 Å². The lowest BCUT2D eigenvalue weighted by molar-refractivity contribution is -0.148. The van der Waals surface area contributed by atoms with Crippen LogP contribution in [-0.2, 0) is 16.0 Å². The quantitative estimate of drug-likeness (QED) is 0.878. The molecule has 1 aromatic heterocycles. The van der Waals surface area contributed by atoms with E-state index in [1.165, 1.54) is 11.3 Å². The van der Waals surface area contributed by atoms with Crippen LogP contribution in [0, 0.1) is 0 Å². The van der Waals surface area contributed by atoms with E-state index in [0.717, 1.165) is 5.69 Å². The van der Waals surface area contributed by atoms with Crippen LogP contribution >= 0.6 is 11.3 Å². The number of piperazine rings is 1. The standard InChI is InChI=1S/C12H17N3O2S/c1-3-10-12(17)15(8(2)11(16)14-10)5-4-9-6-18-7-13-9/h6-8,10H,3-5H2,1-2H3,(H,14,16). The third kappa shape index (κ3) is 2.53. The molecule has 5 nitrogen and oxygen atoms in total. The minimum atomic E-state index is -0.390. The fourth-order valence-corrected chi connectivity index (χ4v) is 2.66. The summed E-state index contributed by atoms with van der Waals surface area (Å²) in [6, 6.07) is -0.761. The van der Waals surface area contributed by atoms with Crippen LogP contribution in [0.25, 0.3) is 0 Å². The first-order valence-electron chi connectivity index (χ1n) is 6.11. The number of carbonyl (C=O) groups is 2. The van der Waals surface area contributed by atoms with Crippen LogP contribution in [0.2, 0.25) is 0 Å². The summed E-state index contributed by atoms with van der Waals surface area (Å²) in [6.45, 7) is 4.21. The van der Waals surface area contributed by atoms with Crippen LogP contribution in [-0.4, -0.2) is 40.3 Å². The van der Waals surface area contributed by atoms with Crippen molar-refractivity contribution in [1.29, 1.82) is 0 Å². The van der Waals surface area contributed by atoms with Crippen molar-refractivity contribution in [2.75, 3.05) is 6.54 Å². The van der Waals surface area contributed by atoms with E-state index in [1.54, 1.807) is 17.3 Å². The number of thiazole rings is 1. The molecule has 1 N–H and O–H groups in total. The summed E-state index contributed by atoms with van der Waals surface area (Å²) in [6.07, 6.45) is 1.33. The highest BCUT2D eigenvalue weighted by Gasteiger charge is 2.36. The van der Waals surface area contributed by atoms with E-state index in [1.807, 2.05) is 12.3 Å². The lowest BCUT2D eigenvalue weighted by Crippen LogP contribution is -2.62. The zero-order valence-electron chi connectivity index (χ0n) is 10.5. The molecule has 2 atom stereocenters. The zero-order chi connectivity index (χ0) is 13.1. The molecular weight excluding hydrogens is 250 g/mol. The van der Waals surface area contributed by atoms with Crippen LogP contribution < -0.4 is 5.32 Å². The third-order valence-electron chi connectivity index (χ3n) is 3.25. The van der Waals surface area contributed by atoms with Gasteiger partial charge in [-0.15, -0.1) is 11.3 Å². The van der Waals surface area contributed by atoms with E-state index < -0.39 is 0 Å². The largest absolute Gasteiger partial charge is 0.343 e. The number of rotatable bonds is 4. The van der Waals surface area contributed by atoms with Gasteiger partial charge in [-0.3, -0.25) is 9.59 Å². The Morgan fingerprint density at radius 3 is 2.89 bits per heavy atom. The molecule has 1 saturated heterocycles. The number of amides is 2. The van der Waals surface area contributed by atoms with Crippen LogP contribution in [0.3, 0.4) is 0 Å². The van der Waals surface area contributed by atoms with E-state index in [4.69, 9.17) is 0 Å². The Balaban J connectivity index is 2.03. The monoisotopic (exact) mass is 267 g/mol. The Labute approximate surface area is 110 Å². The predicted octanol–water partition coefficient (Wildman–Crippen LogP) is 0.811. The van der Waals surface area contributed by atoms with Gasteiger partial charge in [0.05, 0.1) is 11.2 Å². The normalized spacial score (nSPS) is 24.2. The van der Waals surface area contributed by atoms with Gasteiger partial charge in [-0.05, 0) is 13.3 Å². The predicted molar refractivity (Wildman–Crippen MR) is 69.2 cm³/mol. The number of carbonyl (C=O) groups excluding carboxylic acids is 2. The lowest BCUT2D eigenvalue weighted by Gasteiger charge is -2.37. The molecule has 0 radical (unpaired) electrons. The fraction of sp³-hybridized carbons (Fsp3) is 0.583. The molecule has 0 spiro atoms. The Morgan fingerprint density at radius 1 is 1.50 bits per heavy atom. The van der Waals surface area contributed by atoms with Crippen molar-refractivity contribution < 1.29 is 9.59 Å². The highest BCUT2D eigenvalue weighted by atomic mass is 32.1. The summed E-state index contributed by atoms with van der Waals surface area (Å²) in [5.74, 6) is -0.0560. The molecule has 0 bridgehead atoms. The van der Waals surface area contributed by atoms with Gasteiger partial charge in [-0.1, -0.05) is 6.92 Å². The van der Waals surface area contributed by atoms with Gasteiger partial charge >= 0.3 is 0 Å². The molecule has 1 aliphatic heterocycles. The van der Waals surface area contributed by atoms with Crippen LogP contribution in [0.4, 0.5) is 0 Å². The van der Waals surface area contributed by atoms with E-state index in [9.17, 15) is 9.59 Å². The van der Waals surface area contributed by atoms with Gasteiger partial charge in [0.25, 0.3) is 0 Å². The van der Waals surface area contributed by atoms with E-state index in [2.05, 4.69) is 10.3 Å². The first-order chi connectivity index (χ1) is 8.63. The molecule has 2 unspecified atom stereocenters. The highest BCUT2D eigenvalue weighted by molar-refractivity contribution is 7.07. The van der Waals surface area contributed by atoms with Crippen LogP contribution in [0.5, 0.6) is 0 Å². The second kappa shape index (κ2) is 5.48. The molecule has 2 heterocycles. The van der Waals surface area contributed by atoms with Gasteiger partial charge in [-0.25, -0.2) is 4.98 Å². The molecule has 2 rings (SSSR count). The number of hydrogen-bond acceptors (Lipinski definition) is 4. The number of nitrogens with one attached hydrogen (secondary N) is 1. The topological polar surface area (TPSA) is 62.3 Å². The molecule has 18 heavy (non-hydrogen) atoms. The van der Waals surface area contributed by atoms with Crippen molar-refractivity contribution in [2.24, 2.45) is 0 Å². The maximum atomic E-state index is 12.2. The molecule has 1 aromatic rings. The minimum absolute atomic E-state index is 0.0137. The summed E-state index contributed by atoms with van der Waals surface area (Å²) >= 11 is 1.54. The molecule has 1 aliphatic rings. The van der Waals surface area contributed by atoms with Gasteiger partial charge in [0.15, 0.2) is 0 Å². The SMILES string of the molecule is CCC1NC(=O)C(C)N(CCc2cscn2)C1=O. The average molecular weight is 267 g/mol. The molecule has 0 aliphatic carbocycles. The Bertz CT molecular complexity index is 433. The molecule has 1 fully saturated rings. The lowest BCUT2D eigenvalue weighted by atomic mass is 10.1. The van der Waals surface area contributed by atoms with E-state index in [0.29, 0.717) is 19.4 Å². The van der Waals surface area contributed by atoms with Crippen LogP contribution in [0.15, 0.2) is 10.9 Å². The molecule has 2 amide bonds. The van der Waals surface area contributed by atoms with Crippen molar-refractivity contribution in [3.63, 3.8) is 0 Å². The van der Waals surface area contributed by atoms with Gasteiger partial charge in [0, 0.05) is 18.3 Å². The van der Waals surface area contributed by atoms with Crippen molar-refractivity contribution >= 4 is 23.2 Å². The molecular formula is C12H17N3O2S. The van der Waals surface area contributed by atoms with E-state index in [-0.39, 0.29) is 23.9 Å². The number of hydrogen-bond donors (Lipinski definition) is 1. The molecule has 6 heteroatoms.